The van der Waals surface area contributed by atoms with Crippen LogP contribution in [0.2, 0.25) is 19.6 Å². The summed E-state index contributed by atoms with van der Waals surface area (Å²) < 4.78 is 0. The summed E-state index contributed by atoms with van der Waals surface area (Å²) in [6.07, 6.45) is 0. The minimum Gasteiger partial charge on any atom is -0.374 e. The highest BCUT2D eigenvalue weighted by molar-refractivity contribution is 6.77. The Bertz CT molecular complexity index is 162. The summed E-state index contributed by atoms with van der Waals surface area (Å²) in [5.74, 6) is -1.60. The van der Waals surface area contributed by atoms with Crippen molar-refractivity contribution in [1.82, 2.24) is 4.98 Å². The average molecular weight is 160 g/mol. The van der Waals surface area contributed by atoms with E-state index in [4.69, 9.17) is 5.73 Å². The minimum absolute atomic E-state index is 0.681. The van der Waals surface area contributed by atoms with Gasteiger partial charge >= 0.3 is 11.8 Å². The van der Waals surface area contributed by atoms with Gasteiger partial charge in [0.1, 0.15) is 8.24 Å². The molecule has 2 amide bonds. The molecule has 0 saturated heterocycles. The third-order valence-electron chi connectivity index (χ3n) is 0.712. The van der Waals surface area contributed by atoms with E-state index in [-0.39, 0.29) is 0 Å². The van der Waals surface area contributed by atoms with Crippen molar-refractivity contribution < 1.29 is 9.59 Å². The second kappa shape index (κ2) is 2.83. The van der Waals surface area contributed by atoms with Gasteiger partial charge in [-0.25, -0.2) is 0 Å². The summed E-state index contributed by atoms with van der Waals surface area (Å²) in [5, 5.41) is 0. The van der Waals surface area contributed by atoms with E-state index in [2.05, 4.69) is 4.98 Å². The molecule has 0 fully saturated rings. The lowest BCUT2D eigenvalue weighted by Crippen LogP contribution is -2.50. The molecule has 10 heavy (non-hydrogen) atoms. The van der Waals surface area contributed by atoms with Crippen LogP contribution < -0.4 is 10.7 Å². The summed E-state index contributed by atoms with van der Waals surface area (Å²) in [7, 11) is -1.68. The molecule has 0 aliphatic carbocycles. The van der Waals surface area contributed by atoms with Crippen molar-refractivity contribution >= 4 is 20.0 Å². The van der Waals surface area contributed by atoms with Crippen LogP contribution >= 0.6 is 0 Å². The van der Waals surface area contributed by atoms with E-state index in [1.54, 1.807) is 0 Å². The fourth-order valence-electron chi connectivity index (χ4n) is 0.402. The summed E-state index contributed by atoms with van der Waals surface area (Å²) >= 11 is 0. The molecule has 0 unspecified atom stereocenters. The minimum atomic E-state index is -1.68. The van der Waals surface area contributed by atoms with Crippen LogP contribution in [0.5, 0.6) is 0 Å². The largest absolute Gasteiger partial charge is 0.374 e. The van der Waals surface area contributed by atoms with Gasteiger partial charge in [-0.2, -0.15) is 0 Å². The predicted molar refractivity (Wildman–Crippen MR) is 40.7 cm³/mol. The van der Waals surface area contributed by atoms with Crippen molar-refractivity contribution in [2.24, 2.45) is 5.73 Å². The first-order valence-corrected chi connectivity index (χ1v) is 6.45. The standard InChI is InChI=1S/C5H12N2O2Si/c1-10(2,3)7-5(9)4(6)8/h1-3H3,(H2,6,8)(H,7,9). The fourth-order valence-corrected chi connectivity index (χ4v) is 1.21. The van der Waals surface area contributed by atoms with E-state index in [0.717, 1.165) is 0 Å². The van der Waals surface area contributed by atoms with Gasteiger partial charge in [-0.1, -0.05) is 19.6 Å². The maximum Gasteiger partial charge on any atom is 0.305 e. The molecule has 0 heterocycles. The zero-order chi connectivity index (χ0) is 8.36. The molecule has 4 nitrogen and oxygen atoms in total. The van der Waals surface area contributed by atoms with Gasteiger partial charge in [0.2, 0.25) is 0 Å². The van der Waals surface area contributed by atoms with E-state index in [1.807, 2.05) is 19.6 Å². The van der Waals surface area contributed by atoms with Gasteiger partial charge in [0.05, 0.1) is 0 Å². The third-order valence-corrected chi connectivity index (χ3v) is 1.69. The second-order valence-electron chi connectivity index (χ2n) is 3.07. The quantitative estimate of drug-likeness (QED) is 0.398. The molecule has 0 aromatic heterocycles. The van der Waals surface area contributed by atoms with Crippen LogP contribution in [0.25, 0.3) is 0 Å². The third kappa shape index (κ3) is 4.08. The number of nitrogens with two attached hydrogens (primary N) is 1. The molecule has 0 aromatic rings. The van der Waals surface area contributed by atoms with E-state index < -0.39 is 20.0 Å². The lowest BCUT2D eigenvalue weighted by atomic mass is 10.6. The smallest absolute Gasteiger partial charge is 0.305 e. The first-order valence-electron chi connectivity index (χ1n) is 2.95. The Hall–Kier alpha value is -0.843. The van der Waals surface area contributed by atoms with Crippen molar-refractivity contribution in [2.45, 2.75) is 19.6 Å². The number of primary amides is 1. The molecule has 5 heteroatoms. The van der Waals surface area contributed by atoms with Crippen molar-refractivity contribution in [3.05, 3.63) is 0 Å². The van der Waals surface area contributed by atoms with Crippen LogP contribution in [0.15, 0.2) is 0 Å². The Kier molecular flexibility index (Phi) is 2.59. The van der Waals surface area contributed by atoms with Gasteiger partial charge in [0.25, 0.3) is 0 Å². The zero-order valence-corrected chi connectivity index (χ0v) is 7.39. The molecule has 0 radical (unpaired) electrons. The van der Waals surface area contributed by atoms with Gasteiger partial charge in [-0.3, -0.25) is 9.59 Å². The maximum atomic E-state index is 10.6. The number of carbonyl (C=O) groups excluding carboxylic acids is 2. The van der Waals surface area contributed by atoms with E-state index in [1.165, 1.54) is 0 Å². The van der Waals surface area contributed by atoms with Gasteiger partial charge in [-0.15, -0.1) is 0 Å². The second-order valence-corrected chi connectivity index (χ2v) is 7.82. The molecule has 0 atom stereocenters. The molecule has 3 N–H and O–H groups in total. The van der Waals surface area contributed by atoms with Crippen molar-refractivity contribution in [3.8, 4) is 0 Å². The Balaban J connectivity index is 3.93. The zero-order valence-electron chi connectivity index (χ0n) is 6.39. The predicted octanol–water partition coefficient (Wildman–Crippen LogP) is -0.577. The number of amides is 2. The first-order chi connectivity index (χ1) is 4.33. The van der Waals surface area contributed by atoms with Gasteiger partial charge in [0, 0.05) is 0 Å². The molecule has 0 aliphatic rings. The number of hydrogen-bond donors (Lipinski definition) is 2. The topological polar surface area (TPSA) is 72.2 Å². The molecule has 0 aliphatic heterocycles. The number of nitrogens with one attached hydrogen (secondary N) is 1. The SMILES string of the molecule is C[Si](C)(C)NC(=O)C(N)=O. The van der Waals surface area contributed by atoms with E-state index in [9.17, 15) is 9.59 Å². The molecular formula is C5H12N2O2Si. The van der Waals surface area contributed by atoms with Crippen molar-refractivity contribution in [3.63, 3.8) is 0 Å². The lowest BCUT2D eigenvalue weighted by molar-refractivity contribution is -0.136. The normalized spacial score (nSPS) is 10.7. The molecule has 0 aromatic carbocycles. The number of rotatable bonds is 1. The Morgan fingerprint density at radius 1 is 1.30 bits per heavy atom. The van der Waals surface area contributed by atoms with Gasteiger partial charge < -0.3 is 10.7 Å². The Morgan fingerprint density at radius 3 is 1.80 bits per heavy atom. The lowest BCUT2D eigenvalue weighted by Gasteiger charge is -2.15. The highest BCUT2D eigenvalue weighted by Gasteiger charge is 2.19. The van der Waals surface area contributed by atoms with Gasteiger partial charge in [-0.05, 0) is 0 Å². The van der Waals surface area contributed by atoms with Crippen LogP contribution in [-0.2, 0) is 9.59 Å². The van der Waals surface area contributed by atoms with Crippen LogP contribution in [0.4, 0.5) is 0 Å². The highest BCUT2D eigenvalue weighted by Crippen LogP contribution is 1.92. The summed E-state index contributed by atoms with van der Waals surface area (Å²) in [5.41, 5.74) is 4.71. The summed E-state index contributed by atoms with van der Waals surface area (Å²) in [6.45, 7) is 5.73. The van der Waals surface area contributed by atoms with Crippen molar-refractivity contribution in [1.29, 1.82) is 0 Å². The molecule has 0 saturated carbocycles. The fraction of sp³-hybridized carbons (Fsp3) is 0.600. The molecule has 58 valence electrons. The Morgan fingerprint density at radius 2 is 1.70 bits per heavy atom. The van der Waals surface area contributed by atoms with Gasteiger partial charge in [0.15, 0.2) is 0 Å². The van der Waals surface area contributed by atoms with Crippen LogP contribution in [0.1, 0.15) is 0 Å². The summed E-state index contributed by atoms with van der Waals surface area (Å²) in [6, 6.07) is 0. The number of hydrogen-bond acceptors (Lipinski definition) is 2. The number of carbonyl (C=O) groups is 2. The van der Waals surface area contributed by atoms with Crippen LogP contribution in [0, 0.1) is 0 Å². The van der Waals surface area contributed by atoms with Crippen molar-refractivity contribution in [2.75, 3.05) is 0 Å². The summed E-state index contributed by atoms with van der Waals surface area (Å²) in [4.78, 5) is 23.4. The monoisotopic (exact) mass is 160 g/mol. The van der Waals surface area contributed by atoms with E-state index in [0.29, 0.717) is 0 Å². The average Bonchev–Trinajstić information content (AvgIpc) is 1.60. The molecule has 0 bridgehead atoms. The molecule has 0 rings (SSSR count). The molecule has 0 spiro atoms. The Labute approximate surface area is 60.9 Å². The first kappa shape index (κ1) is 9.16. The molecular weight excluding hydrogens is 148 g/mol. The highest BCUT2D eigenvalue weighted by atomic mass is 28.3. The van der Waals surface area contributed by atoms with E-state index >= 15 is 0 Å². The van der Waals surface area contributed by atoms with Crippen LogP contribution in [0.3, 0.4) is 0 Å². The van der Waals surface area contributed by atoms with Crippen LogP contribution in [-0.4, -0.2) is 20.0 Å². The maximum absolute atomic E-state index is 10.6.